The zero-order valence-electron chi connectivity index (χ0n) is 7.95. The molecular weight excluding hydrogens is 262 g/mol. The van der Waals surface area contributed by atoms with Gasteiger partial charge in [0, 0.05) is 10.0 Å². The molecule has 5 heteroatoms. The smallest absolute Gasteiger partial charge is 0.339 e. The molecule has 0 bridgehead atoms. The maximum absolute atomic E-state index is 11.4. The molecule has 0 aliphatic heterocycles. The van der Waals surface area contributed by atoms with Crippen LogP contribution in [-0.4, -0.2) is 18.2 Å². The monoisotopic (exact) mass is 269 g/mol. The van der Waals surface area contributed by atoms with Gasteiger partial charge in [-0.25, -0.2) is 4.79 Å². The summed E-state index contributed by atoms with van der Waals surface area (Å²) in [4.78, 5) is 11.4. The molecule has 0 heterocycles. The van der Waals surface area contributed by atoms with Crippen molar-refractivity contribution in [3.8, 4) is 6.07 Å². The molecule has 1 N–H and O–H groups in total. The number of esters is 1. The van der Waals surface area contributed by atoms with E-state index in [2.05, 4.69) is 20.7 Å². The number of aliphatic hydroxyl groups is 1. The predicted octanol–water partition coefficient (Wildman–Crippen LogP) is 1.60. The normalized spacial score (nSPS) is 9.47. The Bertz CT molecular complexity index is 437. The molecule has 1 rings (SSSR count). The van der Waals surface area contributed by atoms with Gasteiger partial charge in [-0.05, 0) is 28.1 Å². The quantitative estimate of drug-likeness (QED) is 0.828. The topological polar surface area (TPSA) is 70.3 Å². The van der Waals surface area contributed by atoms with Gasteiger partial charge >= 0.3 is 5.97 Å². The van der Waals surface area contributed by atoms with Crippen molar-refractivity contribution in [3.63, 3.8) is 0 Å². The number of benzene rings is 1. The fourth-order valence-corrected chi connectivity index (χ4v) is 1.74. The Morgan fingerprint density at radius 2 is 2.33 bits per heavy atom. The van der Waals surface area contributed by atoms with Crippen LogP contribution in [0, 0.1) is 11.3 Å². The number of rotatable bonds is 2. The van der Waals surface area contributed by atoms with E-state index in [0.29, 0.717) is 4.47 Å². The SMILES string of the molecule is COC(=O)c1c(Br)ccc(C#N)c1CO. The third-order valence-electron chi connectivity index (χ3n) is 1.93. The van der Waals surface area contributed by atoms with Gasteiger partial charge in [0.1, 0.15) is 0 Å². The predicted molar refractivity (Wildman–Crippen MR) is 56.1 cm³/mol. The first-order valence-electron chi connectivity index (χ1n) is 4.06. The van der Waals surface area contributed by atoms with Crippen LogP contribution in [0.4, 0.5) is 0 Å². The molecule has 15 heavy (non-hydrogen) atoms. The van der Waals surface area contributed by atoms with Gasteiger partial charge in [0.15, 0.2) is 0 Å². The molecule has 78 valence electrons. The highest BCUT2D eigenvalue weighted by molar-refractivity contribution is 9.10. The van der Waals surface area contributed by atoms with Crippen LogP contribution in [-0.2, 0) is 11.3 Å². The number of hydrogen-bond donors (Lipinski definition) is 1. The first-order chi connectivity index (χ1) is 7.15. The van der Waals surface area contributed by atoms with Gasteiger partial charge in [-0.15, -0.1) is 0 Å². The second-order valence-corrected chi connectivity index (χ2v) is 3.56. The molecule has 0 atom stereocenters. The number of nitriles is 1. The summed E-state index contributed by atoms with van der Waals surface area (Å²) in [6, 6.07) is 5.01. The van der Waals surface area contributed by atoms with Crippen LogP contribution in [0.2, 0.25) is 0 Å². The lowest BCUT2D eigenvalue weighted by molar-refractivity contribution is 0.0596. The van der Waals surface area contributed by atoms with Crippen LogP contribution >= 0.6 is 15.9 Å². The summed E-state index contributed by atoms with van der Waals surface area (Å²) < 4.78 is 5.07. The molecule has 4 nitrogen and oxygen atoms in total. The molecule has 0 amide bonds. The molecule has 0 radical (unpaired) electrons. The van der Waals surface area contributed by atoms with Crippen molar-refractivity contribution in [1.82, 2.24) is 0 Å². The van der Waals surface area contributed by atoms with Crippen molar-refractivity contribution in [2.75, 3.05) is 7.11 Å². The van der Waals surface area contributed by atoms with Gasteiger partial charge in [0.2, 0.25) is 0 Å². The summed E-state index contributed by atoms with van der Waals surface area (Å²) in [5, 5.41) is 17.9. The number of halogens is 1. The zero-order chi connectivity index (χ0) is 11.4. The van der Waals surface area contributed by atoms with Crippen LogP contribution in [0.15, 0.2) is 16.6 Å². The fourth-order valence-electron chi connectivity index (χ4n) is 1.21. The molecule has 1 aromatic carbocycles. The van der Waals surface area contributed by atoms with Crippen molar-refractivity contribution < 1.29 is 14.6 Å². The van der Waals surface area contributed by atoms with Gasteiger partial charge in [-0.1, -0.05) is 0 Å². The van der Waals surface area contributed by atoms with E-state index >= 15 is 0 Å². The number of hydrogen-bond acceptors (Lipinski definition) is 4. The molecule has 0 spiro atoms. The standard InChI is InChI=1S/C10H8BrNO3/c1-15-10(14)9-7(5-13)6(4-12)2-3-8(9)11/h2-3,13H,5H2,1H3. The van der Waals surface area contributed by atoms with E-state index in [1.54, 1.807) is 6.07 Å². The number of ether oxygens (including phenoxy) is 1. The zero-order valence-corrected chi connectivity index (χ0v) is 9.54. The van der Waals surface area contributed by atoms with Gasteiger partial charge in [-0.3, -0.25) is 0 Å². The van der Waals surface area contributed by atoms with Crippen LogP contribution in [0.25, 0.3) is 0 Å². The minimum absolute atomic E-state index is 0.194. The van der Waals surface area contributed by atoms with Crippen molar-refractivity contribution in [2.45, 2.75) is 6.61 Å². The Morgan fingerprint density at radius 1 is 1.67 bits per heavy atom. The average molecular weight is 270 g/mol. The molecule has 0 fully saturated rings. The number of carbonyl (C=O) groups excluding carboxylic acids is 1. The van der Waals surface area contributed by atoms with Crippen LogP contribution in [0.5, 0.6) is 0 Å². The summed E-state index contributed by atoms with van der Waals surface area (Å²) >= 11 is 3.17. The van der Waals surface area contributed by atoms with Gasteiger partial charge < -0.3 is 9.84 Å². The molecule has 0 saturated heterocycles. The van der Waals surface area contributed by atoms with Gasteiger partial charge in [0.25, 0.3) is 0 Å². The van der Waals surface area contributed by atoms with Crippen molar-refractivity contribution in [3.05, 3.63) is 33.3 Å². The van der Waals surface area contributed by atoms with Gasteiger partial charge in [-0.2, -0.15) is 5.26 Å². The summed E-state index contributed by atoms with van der Waals surface area (Å²) in [5.74, 6) is -0.581. The molecule has 0 aliphatic rings. The van der Waals surface area contributed by atoms with Crippen molar-refractivity contribution in [1.29, 1.82) is 5.26 Å². The highest BCUT2D eigenvalue weighted by Crippen LogP contribution is 2.24. The summed E-state index contributed by atoms with van der Waals surface area (Å²) in [7, 11) is 1.25. The summed E-state index contributed by atoms with van der Waals surface area (Å²) in [6.07, 6.45) is 0. The van der Waals surface area contributed by atoms with E-state index in [4.69, 9.17) is 10.4 Å². The third kappa shape index (κ3) is 2.17. The Hall–Kier alpha value is -1.38. The summed E-state index contributed by atoms with van der Waals surface area (Å²) in [6.45, 7) is -0.382. The maximum atomic E-state index is 11.4. The van der Waals surface area contributed by atoms with Crippen LogP contribution < -0.4 is 0 Å². The maximum Gasteiger partial charge on any atom is 0.339 e. The number of methoxy groups -OCH3 is 1. The Morgan fingerprint density at radius 3 is 2.80 bits per heavy atom. The van der Waals surface area contributed by atoms with E-state index in [0.717, 1.165) is 0 Å². The van der Waals surface area contributed by atoms with E-state index in [1.165, 1.54) is 13.2 Å². The lowest BCUT2D eigenvalue weighted by atomic mass is 10.0. The third-order valence-corrected chi connectivity index (χ3v) is 2.59. The average Bonchev–Trinajstić information content (AvgIpc) is 2.27. The number of aliphatic hydroxyl groups excluding tert-OH is 1. The van der Waals surface area contributed by atoms with Crippen LogP contribution in [0.3, 0.4) is 0 Å². The van der Waals surface area contributed by atoms with E-state index in [1.807, 2.05) is 6.07 Å². The first-order valence-corrected chi connectivity index (χ1v) is 4.85. The second kappa shape index (κ2) is 4.91. The lowest BCUT2D eigenvalue weighted by Crippen LogP contribution is -2.08. The van der Waals surface area contributed by atoms with E-state index in [-0.39, 0.29) is 23.3 Å². The largest absolute Gasteiger partial charge is 0.465 e. The molecule has 0 aromatic heterocycles. The van der Waals surface area contributed by atoms with Crippen molar-refractivity contribution >= 4 is 21.9 Å². The molecule has 0 saturated carbocycles. The molecule has 0 aliphatic carbocycles. The minimum Gasteiger partial charge on any atom is -0.465 e. The highest BCUT2D eigenvalue weighted by atomic mass is 79.9. The van der Waals surface area contributed by atoms with Gasteiger partial charge in [0.05, 0.1) is 30.9 Å². The fraction of sp³-hybridized carbons (Fsp3) is 0.200. The van der Waals surface area contributed by atoms with Crippen molar-refractivity contribution in [2.24, 2.45) is 0 Å². The second-order valence-electron chi connectivity index (χ2n) is 2.71. The minimum atomic E-state index is -0.581. The highest BCUT2D eigenvalue weighted by Gasteiger charge is 2.18. The molecular formula is C10H8BrNO3. The molecule has 1 aromatic rings. The Kier molecular flexibility index (Phi) is 3.83. The van der Waals surface area contributed by atoms with Crippen LogP contribution in [0.1, 0.15) is 21.5 Å². The summed E-state index contributed by atoms with van der Waals surface area (Å²) in [5.41, 5.74) is 0.735. The van der Waals surface area contributed by atoms with E-state index < -0.39 is 5.97 Å². The molecule has 0 unspecified atom stereocenters. The number of carbonyl (C=O) groups is 1. The Balaban J connectivity index is 3.47. The number of nitrogens with zero attached hydrogens (tertiary/aromatic N) is 1. The first kappa shape index (κ1) is 11.7. The lowest BCUT2D eigenvalue weighted by Gasteiger charge is -2.09. The Labute approximate surface area is 95.2 Å². The van der Waals surface area contributed by atoms with E-state index in [9.17, 15) is 4.79 Å².